The van der Waals surface area contributed by atoms with Crippen molar-refractivity contribution < 1.29 is 9.53 Å². The van der Waals surface area contributed by atoms with Gasteiger partial charge in [0.25, 0.3) is 0 Å². The van der Waals surface area contributed by atoms with Gasteiger partial charge in [0.1, 0.15) is 0 Å². The molecule has 3 heteroatoms. The highest BCUT2D eigenvalue weighted by atomic mass is 16.5. The van der Waals surface area contributed by atoms with E-state index < -0.39 is 0 Å². The van der Waals surface area contributed by atoms with Crippen LogP contribution in [0.4, 0.5) is 5.69 Å². The molecule has 1 saturated heterocycles. The number of rotatable bonds is 3. The van der Waals surface area contributed by atoms with Crippen LogP contribution in [0, 0.1) is 5.92 Å². The van der Waals surface area contributed by atoms with Gasteiger partial charge in [-0.05, 0) is 36.5 Å². The SMILES string of the molecule is CC(C)c1ccc(NC(=O)C2CCOCC2)cc1. The van der Waals surface area contributed by atoms with Gasteiger partial charge in [0.05, 0.1) is 0 Å². The summed E-state index contributed by atoms with van der Waals surface area (Å²) in [4.78, 5) is 12.0. The van der Waals surface area contributed by atoms with E-state index in [4.69, 9.17) is 4.74 Å². The van der Waals surface area contributed by atoms with Gasteiger partial charge in [-0.3, -0.25) is 4.79 Å². The van der Waals surface area contributed by atoms with E-state index in [1.54, 1.807) is 0 Å². The van der Waals surface area contributed by atoms with Gasteiger partial charge in [-0.2, -0.15) is 0 Å². The lowest BCUT2D eigenvalue weighted by atomic mass is 9.99. The molecule has 1 heterocycles. The Labute approximate surface area is 109 Å². The second-order valence-electron chi connectivity index (χ2n) is 5.15. The van der Waals surface area contributed by atoms with Crippen LogP contribution in [-0.4, -0.2) is 19.1 Å². The largest absolute Gasteiger partial charge is 0.381 e. The minimum atomic E-state index is 0.100. The Hall–Kier alpha value is -1.35. The minimum absolute atomic E-state index is 0.100. The van der Waals surface area contributed by atoms with Gasteiger partial charge in [-0.25, -0.2) is 0 Å². The normalized spacial score (nSPS) is 16.8. The van der Waals surface area contributed by atoms with Crippen molar-refractivity contribution in [1.82, 2.24) is 0 Å². The van der Waals surface area contributed by atoms with Gasteiger partial charge in [0, 0.05) is 24.8 Å². The molecule has 0 bridgehead atoms. The first-order chi connectivity index (χ1) is 8.66. The molecule has 1 fully saturated rings. The Kier molecular flexibility index (Phi) is 4.37. The fourth-order valence-electron chi connectivity index (χ4n) is 2.16. The monoisotopic (exact) mass is 247 g/mol. The Morgan fingerprint density at radius 2 is 1.83 bits per heavy atom. The Morgan fingerprint density at radius 1 is 1.22 bits per heavy atom. The molecule has 0 saturated carbocycles. The molecule has 1 aliphatic rings. The smallest absolute Gasteiger partial charge is 0.227 e. The van der Waals surface area contributed by atoms with Gasteiger partial charge >= 0.3 is 0 Å². The topological polar surface area (TPSA) is 38.3 Å². The van der Waals surface area contributed by atoms with Crippen LogP contribution in [0.15, 0.2) is 24.3 Å². The van der Waals surface area contributed by atoms with Crippen molar-refractivity contribution in [2.24, 2.45) is 5.92 Å². The summed E-state index contributed by atoms with van der Waals surface area (Å²) >= 11 is 0. The summed E-state index contributed by atoms with van der Waals surface area (Å²) in [7, 11) is 0. The van der Waals surface area contributed by atoms with E-state index in [-0.39, 0.29) is 11.8 Å². The van der Waals surface area contributed by atoms with Crippen molar-refractivity contribution in [2.45, 2.75) is 32.6 Å². The highest BCUT2D eigenvalue weighted by Gasteiger charge is 2.21. The van der Waals surface area contributed by atoms with Gasteiger partial charge in [-0.15, -0.1) is 0 Å². The van der Waals surface area contributed by atoms with Gasteiger partial charge in [-0.1, -0.05) is 26.0 Å². The Morgan fingerprint density at radius 3 is 2.39 bits per heavy atom. The van der Waals surface area contributed by atoms with Crippen molar-refractivity contribution in [3.63, 3.8) is 0 Å². The van der Waals surface area contributed by atoms with E-state index in [2.05, 4.69) is 31.3 Å². The van der Waals surface area contributed by atoms with Crippen molar-refractivity contribution in [1.29, 1.82) is 0 Å². The predicted molar refractivity (Wildman–Crippen MR) is 72.7 cm³/mol. The lowest BCUT2D eigenvalue weighted by Crippen LogP contribution is -2.28. The first kappa shape index (κ1) is 13.1. The molecule has 1 N–H and O–H groups in total. The van der Waals surface area contributed by atoms with E-state index in [0.29, 0.717) is 19.1 Å². The van der Waals surface area contributed by atoms with Crippen molar-refractivity contribution in [3.05, 3.63) is 29.8 Å². The molecule has 0 aliphatic carbocycles. The predicted octanol–water partition coefficient (Wildman–Crippen LogP) is 3.18. The quantitative estimate of drug-likeness (QED) is 0.891. The first-order valence-corrected chi connectivity index (χ1v) is 6.65. The second kappa shape index (κ2) is 6.01. The number of nitrogens with one attached hydrogen (secondary N) is 1. The summed E-state index contributed by atoms with van der Waals surface area (Å²) in [6.45, 7) is 5.72. The van der Waals surface area contributed by atoms with E-state index in [0.717, 1.165) is 18.5 Å². The number of anilines is 1. The molecule has 3 nitrogen and oxygen atoms in total. The van der Waals surface area contributed by atoms with E-state index in [1.807, 2.05) is 12.1 Å². The zero-order valence-electron chi connectivity index (χ0n) is 11.1. The van der Waals surface area contributed by atoms with Crippen LogP contribution >= 0.6 is 0 Å². The van der Waals surface area contributed by atoms with Gasteiger partial charge in [0.15, 0.2) is 0 Å². The highest BCUT2D eigenvalue weighted by Crippen LogP contribution is 2.20. The van der Waals surface area contributed by atoms with Crippen LogP contribution in [0.5, 0.6) is 0 Å². The molecular weight excluding hydrogens is 226 g/mol. The maximum atomic E-state index is 12.0. The number of carbonyl (C=O) groups is 1. The first-order valence-electron chi connectivity index (χ1n) is 6.65. The molecule has 0 unspecified atom stereocenters. The van der Waals surface area contributed by atoms with Crippen LogP contribution in [0.25, 0.3) is 0 Å². The maximum Gasteiger partial charge on any atom is 0.227 e. The Balaban J connectivity index is 1.94. The molecule has 0 aromatic heterocycles. The van der Waals surface area contributed by atoms with Gasteiger partial charge in [0.2, 0.25) is 5.91 Å². The standard InChI is InChI=1S/C15H21NO2/c1-11(2)12-3-5-14(6-4-12)16-15(17)13-7-9-18-10-8-13/h3-6,11,13H,7-10H2,1-2H3,(H,16,17). The van der Waals surface area contributed by atoms with Crippen LogP contribution < -0.4 is 5.32 Å². The van der Waals surface area contributed by atoms with E-state index in [1.165, 1.54) is 5.56 Å². The van der Waals surface area contributed by atoms with E-state index in [9.17, 15) is 4.79 Å². The molecule has 1 aliphatic heterocycles. The van der Waals surface area contributed by atoms with Crippen molar-refractivity contribution in [2.75, 3.05) is 18.5 Å². The zero-order valence-corrected chi connectivity index (χ0v) is 11.1. The number of amides is 1. The average molecular weight is 247 g/mol. The summed E-state index contributed by atoms with van der Waals surface area (Å²) in [6.07, 6.45) is 1.66. The summed E-state index contributed by atoms with van der Waals surface area (Å²) in [5.41, 5.74) is 2.18. The minimum Gasteiger partial charge on any atom is -0.381 e. The number of hydrogen-bond acceptors (Lipinski definition) is 2. The fourth-order valence-corrected chi connectivity index (χ4v) is 2.16. The Bertz CT molecular complexity index is 391. The van der Waals surface area contributed by atoms with Gasteiger partial charge < -0.3 is 10.1 Å². The molecule has 18 heavy (non-hydrogen) atoms. The fraction of sp³-hybridized carbons (Fsp3) is 0.533. The third-order valence-corrected chi connectivity index (χ3v) is 3.44. The number of hydrogen-bond donors (Lipinski definition) is 1. The molecule has 98 valence electrons. The van der Waals surface area contributed by atoms with E-state index >= 15 is 0 Å². The summed E-state index contributed by atoms with van der Waals surface area (Å²) in [6, 6.07) is 8.10. The van der Waals surface area contributed by atoms with Crippen LogP contribution in [-0.2, 0) is 9.53 Å². The molecule has 0 spiro atoms. The summed E-state index contributed by atoms with van der Waals surface area (Å²) in [5.74, 6) is 0.740. The molecule has 0 radical (unpaired) electrons. The number of ether oxygens (including phenoxy) is 1. The number of benzene rings is 1. The lowest BCUT2D eigenvalue weighted by molar-refractivity contribution is -0.122. The molecule has 2 rings (SSSR count). The average Bonchev–Trinajstić information content (AvgIpc) is 2.40. The summed E-state index contributed by atoms with van der Waals surface area (Å²) < 4.78 is 5.26. The van der Waals surface area contributed by atoms with Crippen molar-refractivity contribution >= 4 is 11.6 Å². The third-order valence-electron chi connectivity index (χ3n) is 3.44. The number of carbonyl (C=O) groups excluding carboxylic acids is 1. The second-order valence-corrected chi connectivity index (χ2v) is 5.15. The van der Waals surface area contributed by atoms with Crippen LogP contribution in [0.2, 0.25) is 0 Å². The maximum absolute atomic E-state index is 12.0. The summed E-state index contributed by atoms with van der Waals surface area (Å²) in [5, 5.41) is 2.98. The van der Waals surface area contributed by atoms with Crippen molar-refractivity contribution in [3.8, 4) is 0 Å². The lowest BCUT2D eigenvalue weighted by Gasteiger charge is -2.21. The molecule has 0 atom stereocenters. The molecule has 1 aromatic rings. The zero-order chi connectivity index (χ0) is 13.0. The molecular formula is C15H21NO2. The highest BCUT2D eigenvalue weighted by molar-refractivity contribution is 5.92. The molecule has 1 aromatic carbocycles. The van der Waals surface area contributed by atoms with Crippen LogP contribution in [0.3, 0.4) is 0 Å². The van der Waals surface area contributed by atoms with Crippen LogP contribution in [0.1, 0.15) is 38.2 Å². The molecule has 1 amide bonds. The third kappa shape index (κ3) is 3.33.